The van der Waals surface area contributed by atoms with E-state index in [1.807, 2.05) is 31.2 Å². The van der Waals surface area contributed by atoms with E-state index in [1.165, 1.54) is 22.3 Å². The number of thiol groups is 1. The van der Waals surface area contributed by atoms with E-state index in [0.717, 1.165) is 11.1 Å². The highest BCUT2D eigenvalue weighted by Crippen LogP contribution is 2.44. The van der Waals surface area contributed by atoms with Gasteiger partial charge in [-0.05, 0) is 59.7 Å². The normalized spacial score (nSPS) is 15.7. The summed E-state index contributed by atoms with van der Waals surface area (Å²) in [4.78, 5) is 17.4. The van der Waals surface area contributed by atoms with Crippen LogP contribution in [0.3, 0.4) is 0 Å². The summed E-state index contributed by atoms with van der Waals surface area (Å²) in [6, 6.07) is 16.5. The average molecular weight is 571 g/mol. The summed E-state index contributed by atoms with van der Waals surface area (Å²) in [6.07, 6.45) is -0.333. The van der Waals surface area contributed by atoms with Crippen LogP contribution in [0.5, 0.6) is 5.75 Å². The summed E-state index contributed by atoms with van der Waals surface area (Å²) < 4.78 is 46.2. The minimum atomic E-state index is -5.17. The highest BCUT2D eigenvalue weighted by atomic mass is 32.3. The van der Waals surface area contributed by atoms with Crippen LogP contribution >= 0.6 is 12.6 Å². The SMILES string of the molecule is Cc1c(S)c(C)c(OS(=O)(=O)F)c(C)c1CN1CCN(C(=O)OCC2c3ccccc3-c3ccccc32)CC1. The number of halogens is 1. The largest absolute Gasteiger partial charge is 0.488 e. The third-order valence-electron chi connectivity index (χ3n) is 7.83. The van der Waals surface area contributed by atoms with E-state index in [0.29, 0.717) is 48.7 Å². The van der Waals surface area contributed by atoms with Crippen LogP contribution in [0.15, 0.2) is 53.4 Å². The first-order valence-electron chi connectivity index (χ1n) is 12.8. The lowest BCUT2D eigenvalue weighted by atomic mass is 9.97. The van der Waals surface area contributed by atoms with Crippen molar-refractivity contribution in [3.63, 3.8) is 0 Å². The molecule has 2 aliphatic rings. The quantitative estimate of drug-likeness (QED) is 0.309. The zero-order valence-electron chi connectivity index (χ0n) is 22.1. The zero-order valence-corrected chi connectivity index (χ0v) is 23.8. The van der Waals surface area contributed by atoms with Crippen LogP contribution in [-0.4, -0.2) is 57.1 Å². The van der Waals surface area contributed by atoms with Crippen molar-refractivity contribution in [1.82, 2.24) is 9.80 Å². The minimum Gasteiger partial charge on any atom is -0.448 e. The van der Waals surface area contributed by atoms with Crippen LogP contribution < -0.4 is 4.18 Å². The number of nitrogens with zero attached hydrogens (tertiary/aromatic N) is 2. The monoisotopic (exact) mass is 570 g/mol. The Morgan fingerprint density at radius 2 is 1.49 bits per heavy atom. The molecule has 206 valence electrons. The molecule has 1 aliphatic carbocycles. The van der Waals surface area contributed by atoms with Crippen molar-refractivity contribution in [2.45, 2.75) is 38.1 Å². The molecule has 3 aromatic rings. The van der Waals surface area contributed by atoms with Gasteiger partial charge in [0.1, 0.15) is 6.61 Å². The molecule has 0 spiro atoms. The standard InChI is InChI=1S/C29H31FN2O5S2/c1-18-25(19(2)28(38)20(3)27(18)37-39(30,34)35)16-31-12-14-32(15-13-31)29(33)36-17-26-23-10-6-4-8-21(23)22-9-5-7-11-24(22)26/h4-11,26,38H,12-17H2,1-3H3. The Hall–Kier alpha value is -3.08. The molecule has 5 rings (SSSR count). The first-order valence-corrected chi connectivity index (χ1v) is 14.6. The Morgan fingerprint density at radius 1 is 0.923 bits per heavy atom. The van der Waals surface area contributed by atoms with Crippen molar-refractivity contribution >= 4 is 29.2 Å². The van der Waals surface area contributed by atoms with E-state index in [9.17, 15) is 17.1 Å². The molecule has 10 heteroatoms. The molecule has 0 aromatic heterocycles. The van der Waals surface area contributed by atoms with Gasteiger partial charge in [0.25, 0.3) is 0 Å². The first-order chi connectivity index (χ1) is 18.5. The van der Waals surface area contributed by atoms with Gasteiger partial charge in [-0.25, -0.2) is 4.79 Å². The van der Waals surface area contributed by atoms with Crippen LogP contribution in [0.25, 0.3) is 11.1 Å². The maximum atomic E-state index is 13.3. The lowest BCUT2D eigenvalue weighted by molar-refractivity contribution is 0.0727. The smallest absolute Gasteiger partial charge is 0.448 e. The Morgan fingerprint density at radius 3 is 2.05 bits per heavy atom. The number of amides is 1. The molecule has 3 aromatic carbocycles. The summed E-state index contributed by atoms with van der Waals surface area (Å²) >= 11 is 4.52. The third-order valence-corrected chi connectivity index (χ3v) is 8.86. The van der Waals surface area contributed by atoms with Gasteiger partial charge in [-0.15, -0.1) is 12.6 Å². The molecular formula is C29H31FN2O5S2. The number of fused-ring (bicyclic) bond motifs is 3. The topological polar surface area (TPSA) is 76.2 Å². The van der Waals surface area contributed by atoms with Gasteiger partial charge >= 0.3 is 16.6 Å². The van der Waals surface area contributed by atoms with Crippen LogP contribution in [0.4, 0.5) is 8.68 Å². The summed E-state index contributed by atoms with van der Waals surface area (Å²) in [5, 5.41) is 0. The fourth-order valence-electron chi connectivity index (χ4n) is 5.69. The fraction of sp³-hybridized carbons (Fsp3) is 0.345. The summed E-state index contributed by atoms with van der Waals surface area (Å²) in [7, 11) is -5.17. The molecule has 0 unspecified atom stereocenters. The van der Waals surface area contributed by atoms with Crippen molar-refractivity contribution in [1.29, 1.82) is 0 Å². The van der Waals surface area contributed by atoms with E-state index in [4.69, 9.17) is 4.74 Å². The van der Waals surface area contributed by atoms with E-state index in [1.54, 1.807) is 18.7 Å². The predicted octanol–water partition coefficient (Wildman–Crippen LogP) is 5.56. The molecule has 7 nitrogen and oxygen atoms in total. The van der Waals surface area contributed by atoms with E-state index in [2.05, 4.69) is 46.0 Å². The molecule has 0 bridgehead atoms. The number of hydrogen-bond donors (Lipinski definition) is 1. The lowest BCUT2D eigenvalue weighted by Crippen LogP contribution is -2.48. The zero-order chi connectivity index (χ0) is 27.9. The maximum Gasteiger partial charge on any atom is 0.488 e. The molecule has 1 amide bonds. The first kappa shape index (κ1) is 27.5. The number of rotatable bonds is 6. The molecule has 0 atom stereocenters. The van der Waals surface area contributed by atoms with Gasteiger partial charge in [0.15, 0.2) is 5.75 Å². The molecule has 1 saturated heterocycles. The molecule has 0 radical (unpaired) electrons. The van der Waals surface area contributed by atoms with Crippen LogP contribution in [0, 0.1) is 20.8 Å². The number of hydrogen-bond acceptors (Lipinski definition) is 7. The predicted molar refractivity (Wildman–Crippen MR) is 150 cm³/mol. The van der Waals surface area contributed by atoms with Gasteiger partial charge in [0.2, 0.25) is 0 Å². The Bertz CT molecular complexity index is 1490. The second-order valence-corrected chi connectivity index (χ2v) is 11.5. The van der Waals surface area contributed by atoms with Gasteiger partial charge in [-0.2, -0.15) is 8.42 Å². The number of ether oxygens (including phenoxy) is 1. The van der Waals surface area contributed by atoms with Crippen LogP contribution in [-0.2, 0) is 21.8 Å². The summed E-state index contributed by atoms with van der Waals surface area (Å²) in [5.41, 5.74) is 7.47. The second kappa shape index (κ2) is 10.8. The molecular weight excluding hydrogens is 539 g/mol. The van der Waals surface area contributed by atoms with E-state index in [-0.39, 0.29) is 24.4 Å². The fourth-order valence-corrected chi connectivity index (χ4v) is 6.38. The Balaban J connectivity index is 1.22. The van der Waals surface area contributed by atoms with Gasteiger partial charge in [-0.1, -0.05) is 52.4 Å². The lowest BCUT2D eigenvalue weighted by Gasteiger charge is -2.35. The number of piperazine rings is 1. The highest BCUT2D eigenvalue weighted by Gasteiger charge is 2.31. The van der Waals surface area contributed by atoms with Crippen molar-refractivity contribution in [2.75, 3.05) is 32.8 Å². The molecule has 1 aliphatic heterocycles. The Labute approximate surface area is 234 Å². The third kappa shape index (κ3) is 5.50. The van der Waals surface area contributed by atoms with Crippen molar-refractivity contribution < 1.29 is 26.0 Å². The van der Waals surface area contributed by atoms with Gasteiger partial charge in [0, 0.05) is 49.1 Å². The van der Waals surface area contributed by atoms with Crippen LogP contribution in [0.2, 0.25) is 0 Å². The van der Waals surface area contributed by atoms with Crippen molar-refractivity contribution in [2.24, 2.45) is 0 Å². The molecule has 39 heavy (non-hydrogen) atoms. The average Bonchev–Trinajstić information content (AvgIpc) is 3.24. The second-order valence-electron chi connectivity index (χ2n) is 10.1. The summed E-state index contributed by atoms with van der Waals surface area (Å²) in [5.74, 6) is -0.0181. The van der Waals surface area contributed by atoms with Gasteiger partial charge in [0.05, 0.1) is 0 Å². The van der Waals surface area contributed by atoms with Gasteiger partial charge < -0.3 is 13.8 Å². The van der Waals surface area contributed by atoms with Crippen molar-refractivity contribution in [3.8, 4) is 16.9 Å². The number of carbonyl (C=O) groups excluding carboxylic acids is 1. The molecule has 0 saturated carbocycles. The number of carbonyl (C=O) groups is 1. The molecule has 1 heterocycles. The maximum absolute atomic E-state index is 13.3. The Kier molecular flexibility index (Phi) is 7.63. The van der Waals surface area contributed by atoms with E-state index < -0.39 is 10.5 Å². The molecule has 1 fully saturated rings. The number of benzene rings is 3. The highest BCUT2D eigenvalue weighted by molar-refractivity contribution is 7.81. The minimum absolute atomic E-state index is 0.00936. The van der Waals surface area contributed by atoms with Gasteiger partial charge in [-0.3, -0.25) is 4.90 Å². The van der Waals surface area contributed by atoms with E-state index >= 15 is 0 Å². The van der Waals surface area contributed by atoms with Crippen LogP contribution in [0.1, 0.15) is 39.3 Å². The summed E-state index contributed by atoms with van der Waals surface area (Å²) in [6.45, 7) is 8.25. The van der Waals surface area contributed by atoms with Crippen molar-refractivity contribution in [3.05, 3.63) is 81.9 Å². The molecule has 0 N–H and O–H groups in total.